The monoisotopic (exact) mass is 1450 g/mol. The molecule has 31 nitrogen and oxygen atoms in total. The Morgan fingerprint density at radius 2 is 0.893 bits per heavy atom. The van der Waals surface area contributed by atoms with E-state index in [0.717, 1.165) is 5.56 Å². The summed E-state index contributed by atoms with van der Waals surface area (Å²) in [5.41, 5.74) is 41.7. The molecule has 2 fully saturated rings. The molecule has 5 rings (SSSR count). The molecular formula is C71H106N18O13S. The summed E-state index contributed by atoms with van der Waals surface area (Å²) in [6.45, 7) is 4.55. The maximum atomic E-state index is 15.1. The van der Waals surface area contributed by atoms with Crippen LogP contribution < -0.4 is 82.7 Å². The van der Waals surface area contributed by atoms with Gasteiger partial charge in [0.05, 0.1) is 6.04 Å². The van der Waals surface area contributed by atoms with Crippen molar-refractivity contribution in [3.8, 4) is 0 Å². The van der Waals surface area contributed by atoms with Crippen molar-refractivity contribution in [1.29, 1.82) is 0 Å². The zero-order chi connectivity index (χ0) is 75.5. The molecule has 3 aromatic rings. The molecule has 103 heavy (non-hydrogen) atoms. The number of amides is 13. The van der Waals surface area contributed by atoms with Crippen molar-refractivity contribution in [2.24, 2.45) is 51.0 Å². The number of benzene rings is 3. The van der Waals surface area contributed by atoms with Crippen LogP contribution in [0.2, 0.25) is 0 Å². The molecule has 32 heteroatoms. The number of thioether (sulfide) groups is 1. The molecule has 22 N–H and O–H groups in total. The molecular weight excluding hydrogens is 1340 g/mol. The Hall–Kier alpha value is -9.69. The number of hydrogen-bond donors (Lipinski definition) is 15. The maximum Gasteiger partial charge on any atom is 0.245 e. The van der Waals surface area contributed by atoms with E-state index in [4.69, 9.17) is 40.1 Å². The molecule has 0 spiro atoms. The molecule has 13 amide bonds. The van der Waals surface area contributed by atoms with Crippen LogP contribution in [-0.2, 0) is 81.6 Å². The Bertz CT molecular complexity index is 3350. The van der Waals surface area contributed by atoms with Crippen LogP contribution in [0, 0.1) is 5.92 Å². The van der Waals surface area contributed by atoms with Gasteiger partial charge in [-0.3, -0.25) is 67.3 Å². The Labute approximate surface area is 605 Å². The highest BCUT2D eigenvalue weighted by atomic mass is 32.2. The number of nitrogens with one attached hydrogen (secondary N) is 8. The minimum atomic E-state index is -1.66. The van der Waals surface area contributed by atoms with Crippen molar-refractivity contribution in [2.75, 3.05) is 38.2 Å². The third-order valence-electron chi connectivity index (χ3n) is 17.8. The van der Waals surface area contributed by atoms with E-state index in [2.05, 4.69) is 47.5 Å². The fraction of sp³-hybridized carbons (Fsp3) is 0.549. The number of carbonyl (C=O) groups excluding carboxylic acids is 13. The topological polar surface area (TPSA) is 519 Å². The van der Waals surface area contributed by atoms with E-state index in [9.17, 15) is 57.5 Å². The summed E-state index contributed by atoms with van der Waals surface area (Å²) < 4.78 is 0. The average Bonchev–Trinajstić information content (AvgIpc) is 1.73. The first-order valence-electron chi connectivity index (χ1n) is 35.2. The number of unbranched alkanes of at least 4 members (excludes halogenated alkanes) is 1. The molecule has 0 unspecified atom stereocenters. The number of nitrogens with two attached hydrogens (primary N) is 7. The third kappa shape index (κ3) is 28.9. The van der Waals surface area contributed by atoms with E-state index in [0.29, 0.717) is 55.4 Å². The predicted molar refractivity (Wildman–Crippen MR) is 389 cm³/mol. The molecule has 0 bridgehead atoms. The van der Waals surface area contributed by atoms with Gasteiger partial charge in [-0.25, -0.2) is 0 Å². The second-order valence-electron chi connectivity index (χ2n) is 26.4. The molecule has 3 aromatic carbocycles. The Balaban J connectivity index is 1.40. The second-order valence-corrected chi connectivity index (χ2v) is 27.4. The normalized spacial score (nSPS) is 16.7. The number of aryl methyl sites for hydroxylation is 1. The lowest BCUT2D eigenvalue weighted by Crippen LogP contribution is -2.61. The van der Waals surface area contributed by atoms with Gasteiger partial charge in [0.25, 0.3) is 0 Å². The van der Waals surface area contributed by atoms with Gasteiger partial charge in [-0.2, -0.15) is 11.8 Å². The summed E-state index contributed by atoms with van der Waals surface area (Å²) >= 11 is 1.46. The van der Waals surface area contributed by atoms with Gasteiger partial charge in [-0.15, -0.1) is 0 Å². The summed E-state index contributed by atoms with van der Waals surface area (Å²) in [5, 5.41) is 21.9. The molecule has 11 atom stereocenters. The highest BCUT2D eigenvalue weighted by Crippen LogP contribution is 2.24. The van der Waals surface area contributed by atoms with E-state index < -0.39 is 169 Å². The smallest absolute Gasteiger partial charge is 0.245 e. The van der Waals surface area contributed by atoms with Crippen LogP contribution in [0.1, 0.15) is 133 Å². The number of hydrogen-bond acceptors (Lipinski definition) is 17. The lowest BCUT2D eigenvalue weighted by molar-refractivity contribution is -0.144. The standard InChI is InChI=1S/C71H106N18O13S/c1-43(2)40-53(64(96)80-48(60(76)92)34-39-103-3)85-62(94)49(29-28-44-18-7-4-8-19-44)82-65(97)54(41-45-20-9-5-10-21-45)87-66(98)55(42-46-22-11-6-12-23-46)86-63(95)50(30-32-58(74)90)81-61(93)51(31-33-59(75)91)83-67(99)57-27-17-38-89(57)70(102)52(25-13-14-35-72)84-68(100)56-26-16-37-88(56)69(101)47(73)24-15-36-79-71(77)78/h4-12,18-23,43,47-57H,13-17,24-42,72-73H2,1-3H3,(H2,74,90)(H2,75,91)(H2,76,92)(H,80,96)(H,81,93)(H,82,97)(H,83,99)(H,84,100)(H,85,94)(H,86,95)(H,87,98)(H4,77,78,79)/t47-,48-,49-,50-,51-,52-,53-,54-,55-,56-,57-/m0/s1. The number of likely N-dealkylation sites (tertiary alicyclic amines) is 2. The van der Waals surface area contributed by atoms with Crippen molar-refractivity contribution < 1.29 is 62.3 Å². The molecule has 564 valence electrons. The summed E-state index contributed by atoms with van der Waals surface area (Å²) in [5.74, 6) is -9.84. The van der Waals surface area contributed by atoms with Gasteiger partial charge in [-0.1, -0.05) is 105 Å². The highest BCUT2D eigenvalue weighted by molar-refractivity contribution is 7.98. The van der Waals surface area contributed by atoms with E-state index in [1.54, 1.807) is 60.7 Å². The number of primary amides is 3. The zero-order valence-corrected chi connectivity index (χ0v) is 60.0. The molecule has 2 heterocycles. The van der Waals surface area contributed by atoms with Crippen LogP contribution in [0.15, 0.2) is 96.0 Å². The Morgan fingerprint density at radius 3 is 1.35 bits per heavy atom. The Morgan fingerprint density at radius 1 is 0.476 bits per heavy atom. The maximum absolute atomic E-state index is 15.1. The molecule has 0 radical (unpaired) electrons. The van der Waals surface area contributed by atoms with Crippen LogP contribution in [-0.4, -0.2) is 197 Å². The lowest BCUT2D eigenvalue weighted by Gasteiger charge is -2.32. The predicted octanol–water partition coefficient (Wildman–Crippen LogP) is -1.71. The van der Waals surface area contributed by atoms with Crippen LogP contribution in [0.3, 0.4) is 0 Å². The quantitative estimate of drug-likeness (QED) is 0.0170. The summed E-state index contributed by atoms with van der Waals surface area (Å²) in [4.78, 5) is 189. The summed E-state index contributed by atoms with van der Waals surface area (Å²) in [6.07, 6.45) is 3.29. The van der Waals surface area contributed by atoms with Gasteiger partial charge in [0.2, 0.25) is 76.8 Å². The SMILES string of the molecule is CSCC[C@H](NC(=O)[C@H](CC(C)C)NC(=O)[C@H](CCc1ccccc1)NC(=O)[C@H](Cc1ccccc1)NC(=O)[C@H](Cc1ccccc1)NC(=O)[C@H](CCC(N)=O)NC(=O)[C@H](CCC(N)=O)NC(=O)[C@@H]1CCCN1C(=O)[C@H](CCCCN)NC(=O)[C@@H]1CCCN1C(=O)[C@@H](N)CCCN=C(N)N)C(N)=O. The van der Waals surface area contributed by atoms with Crippen molar-refractivity contribution in [2.45, 2.75) is 202 Å². The van der Waals surface area contributed by atoms with E-state index in [1.807, 2.05) is 50.4 Å². The molecule has 2 aliphatic heterocycles. The third-order valence-corrected chi connectivity index (χ3v) is 18.4. The largest absolute Gasteiger partial charge is 0.370 e. The zero-order valence-electron chi connectivity index (χ0n) is 59.2. The molecule has 2 saturated heterocycles. The lowest BCUT2D eigenvalue weighted by atomic mass is 9.99. The number of nitrogens with zero attached hydrogens (tertiary/aromatic N) is 3. The first kappa shape index (κ1) is 84.0. The van der Waals surface area contributed by atoms with Gasteiger partial charge in [0, 0.05) is 45.3 Å². The van der Waals surface area contributed by atoms with E-state index in [1.165, 1.54) is 21.6 Å². The van der Waals surface area contributed by atoms with Crippen LogP contribution in [0.5, 0.6) is 0 Å². The second kappa shape index (κ2) is 44.0. The minimum Gasteiger partial charge on any atom is -0.370 e. The molecule has 2 aliphatic rings. The van der Waals surface area contributed by atoms with Crippen molar-refractivity contribution in [3.63, 3.8) is 0 Å². The fourth-order valence-corrected chi connectivity index (χ4v) is 12.7. The highest BCUT2D eigenvalue weighted by Gasteiger charge is 2.43. The molecule has 0 aliphatic carbocycles. The minimum absolute atomic E-state index is 0.0182. The van der Waals surface area contributed by atoms with E-state index >= 15 is 4.79 Å². The van der Waals surface area contributed by atoms with Gasteiger partial charge in [0.1, 0.15) is 60.4 Å². The number of aliphatic imine (C=N–C) groups is 1. The van der Waals surface area contributed by atoms with Crippen molar-refractivity contribution in [1.82, 2.24) is 52.3 Å². The van der Waals surface area contributed by atoms with Crippen molar-refractivity contribution in [3.05, 3.63) is 108 Å². The first-order valence-corrected chi connectivity index (χ1v) is 36.6. The summed E-state index contributed by atoms with van der Waals surface area (Å²) in [6, 6.07) is 12.3. The number of carbonyl (C=O) groups is 13. The van der Waals surface area contributed by atoms with Gasteiger partial charge in [-0.05, 0) is 137 Å². The van der Waals surface area contributed by atoms with Crippen molar-refractivity contribution >= 4 is 94.5 Å². The van der Waals surface area contributed by atoms with Crippen LogP contribution in [0.25, 0.3) is 0 Å². The van der Waals surface area contributed by atoms with Gasteiger partial charge >= 0.3 is 0 Å². The van der Waals surface area contributed by atoms with Crippen LogP contribution >= 0.6 is 11.8 Å². The first-order chi connectivity index (χ1) is 49.2. The van der Waals surface area contributed by atoms with Crippen LogP contribution in [0.4, 0.5) is 0 Å². The number of rotatable bonds is 45. The van der Waals surface area contributed by atoms with Gasteiger partial charge < -0.3 is 92.5 Å². The van der Waals surface area contributed by atoms with Gasteiger partial charge in [0.15, 0.2) is 5.96 Å². The fourth-order valence-electron chi connectivity index (χ4n) is 12.3. The van der Waals surface area contributed by atoms with E-state index in [-0.39, 0.29) is 95.8 Å². The molecule has 0 saturated carbocycles. The number of guanidine groups is 1. The molecule has 0 aromatic heterocycles. The average molecular weight is 1450 g/mol. The summed E-state index contributed by atoms with van der Waals surface area (Å²) in [7, 11) is 0. The Kier molecular flexibility index (Phi) is 35.8.